The smallest absolute Gasteiger partial charge is 0.252 e. The first kappa shape index (κ1) is 13.4. The number of carbonyl (C=O) groups is 1. The van der Waals surface area contributed by atoms with Gasteiger partial charge in [0.1, 0.15) is 5.76 Å². The molecule has 2 heterocycles. The van der Waals surface area contributed by atoms with Gasteiger partial charge in [-0.3, -0.25) is 4.79 Å². The highest BCUT2D eigenvalue weighted by Gasteiger charge is 2.17. The van der Waals surface area contributed by atoms with Gasteiger partial charge in [-0.05, 0) is 18.2 Å². The molecule has 0 saturated heterocycles. The van der Waals surface area contributed by atoms with Crippen molar-refractivity contribution in [2.45, 2.75) is 11.4 Å². The number of para-hydroxylation sites is 1. The number of allylic oxidation sites excluding steroid dienone is 1. The van der Waals surface area contributed by atoms with Crippen LogP contribution in [-0.2, 0) is 11.3 Å². The number of carbonyl (C=O) groups excluding carboxylic acids is 1. The maximum absolute atomic E-state index is 12.4. The summed E-state index contributed by atoms with van der Waals surface area (Å²) in [5.74, 6) is 3.30. The summed E-state index contributed by atoms with van der Waals surface area (Å²) in [6.45, 7) is 0.333. The molecule has 2 aromatic rings. The number of thiol groups is 1. The Kier molecular flexibility index (Phi) is 3.71. The molecule has 0 aliphatic carbocycles. The molecule has 0 radical (unpaired) electrons. The van der Waals surface area contributed by atoms with E-state index in [4.69, 9.17) is 4.42 Å². The molecule has 1 aromatic heterocycles. The van der Waals surface area contributed by atoms with Crippen molar-refractivity contribution in [1.82, 2.24) is 5.32 Å². The van der Waals surface area contributed by atoms with Crippen molar-refractivity contribution in [2.75, 3.05) is 5.32 Å². The predicted molar refractivity (Wildman–Crippen MR) is 83.6 cm³/mol. The van der Waals surface area contributed by atoms with Crippen molar-refractivity contribution < 1.29 is 9.21 Å². The van der Waals surface area contributed by atoms with Gasteiger partial charge in [-0.2, -0.15) is 0 Å². The molecule has 0 spiro atoms. The highest BCUT2D eigenvalue weighted by atomic mass is 32.1. The van der Waals surface area contributed by atoms with Crippen molar-refractivity contribution in [3.05, 3.63) is 54.0 Å². The maximum Gasteiger partial charge on any atom is 0.252 e. The van der Waals surface area contributed by atoms with Crippen LogP contribution >= 0.6 is 12.6 Å². The summed E-state index contributed by atoms with van der Waals surface area (Å²) < 4.78 is 5.20. The van der Waals surface area contributed by atoms with Crippen molar-refractivity contribution in [3.63, 3.8) is 0 Å². The molecule has 0 atom stereocenters. The topological polar surface area (TPSA) is 54.3 Å². The van der Waals surface area contributed by atoms with Gasteiger partial charge in [0.25, 0.3) is 5.91 Å². The lowest BCUT2D eigenvalue weighted by atomic mass is 10.0. The van der Waals surface area contributed by atoms with E-state index in [0.717, 1.165) is 16.1 Å². The first-order valence-electron chi connectivity index (χ1n) is 6.35. The van der Waals surface area contributed by atoms with Crippen LogP contribution in [0.15, 0.2) is 52.0 Å². The van der Waals surface area contributed by atoms with Crippen LogP contribution < -0.4 is 10.6 Å². The summed E-state index contributed by atoms with van der Waals surface area (Å²) in [4.78, 5) is 13.1. The lowest BCUT2D eigenvalue weighted by Crippen LogP contribution is -2.23. The van der Waals surface area contributed by atoms with Crippen LogP contribution in [0.25, 0.3) is 5.57 Å². The van der Waals surface area contributed by atoms with Crippen LogP contribution in [0, 0.1) is 12.0 Å². The van der Waals surface area contributed by atoms with Crippen molar-refractivity contribution in [2.24, 2.45) is 0 Å². The van der Waals surface area contributed by atoms with E-state index < -0.39 is 0 Å². The Morgan fingerprint density at radius 1 is 1.33 bits per heavy atom. The minimum absolute atomic E-state index is 0.204. The summed E-state index contributed by atoms with van der Waals surface area (Å²) in [5, 5.41) is 5.78. The second-order valence-electron chi connectivity index (χ2n) is 4.41. The second-order valence-corrected chi connectivity index (χ2v) is 4.90. The van der Waals surface area contributed by atoms with Crippen LogP contribution in [0.2, 0.25) is 0 Å². The molecule has 2 N–H and O–H groups in total. The van der Waals surface area contributed by atoms with Gasteiger partial charge >= 0.3 is 0 Å². The summed E-state index contributed by atoms with van der Waals surface area (Å²) in [6, 6.07) is 11.9. The lowest BCUT2D eigenvalue weighted by Gasteiger charge is -2.12. The average Bonchev–Trinajstić information content (AvgIpc) is 2.90. The fourth-order valence-electron chi connectivity index (χ4n) is 2.04. The van der Waals surface area contributed by atoms with Gasteiger partial charge in [0.05, 0.1) is 24.1 Å². The van der Waals surface area contributed by atoms with E-state index in [1.807, 2.05) is 24.3 Å². The predicted octanol–water partition coefficient (Wildman–Crippen LogP) is 2.65. The quantitative estimate of drug-likeness (QED) is 0.603. The SMILES string of the molecule is O=C(NCc1ccco1)C1=CC#CNc2c(S)cccc21. The molecule has 1 aliphatic rings. The highest BCUT2D eigenvalue weighted by Crippen LogP contribution is 2.30. The van der Waals surface area contributed by atoms with Crippen LogP contribution in [-0.4, -0.2) is 5.91 Å². The molecule has 21 heavy (non-hydrogen) atoms. The summed E-state index contributed by atoms with van der Waals surface area (Å²) in [7, 11) is 0. The van der Waals surface area contributed by atoms with E-state index in [9.17, 15) is 4.79 Å². The molecule has 4 nitrogen and oxygen atoms in total. The third-order valence-electron chi connectivity index (χ3n) is 3.06. The number of hydrogen-bond acceptors (Lipinski definition) is 4. The summed E-state index contributed by atoms with van der Waals surface area (Å²) in [6.07, 6.45) is 3.17. The molecule has 0 fully saturated rings. The minimum Gasteiger partial charge on any atom is -0.467 e. The van der Waals surface area contributed by atoms with Gasteiger partial charge in [-0.15, -0.1) is 12.6 Å². The third kappa shape index (κ3) is 2.81. The van der Waals surface area contributed by atoms with Crippen molar-refractivity contribution in [1.29, 1.82) is 0 Å². The number of hydrogen-bond donors (Lipinski definition) is 3. The highest BCUT2D eigenvalue weighted by molar-refractivity contribution is 7.80. The number of amides is 1. The Labute approximate surface area is 127 Å². The Morgan fingerprint density at radius 3 is 3.05 bits per heavy atom. The molecule has 0 bridgehead atoms. The minimum atomic E-state index is -0.204. The van der Waals surface area contributed by atoms with Gasteiger partial charge in [0.15, 0.2) is 0 Å². The first-order valence-corrected chi connectivity index (χ1v) is 6.80. The number of anilines is 1. The number of benzene rings is 1. The largest absolute Gasteiger partial charge is 0.467 e. The van der Waals surface area contributed by atoms with E-state index in [0.29, 0.717) is 17.9 Å². The molecule has 1 amide bonds. The number of nitrogens with one attached hydrogen (secondary N) is 2. The Balaban J connectivity index is 1.85. The third-order valence-corrected chi connectivity index (χ3v) is 3.43. The molecular formula is C16H12N2O2S. The molecule has 1 aromatic carbocycles. The van der Waals surface area contributed by atoms with Crippen LogP contribution in [0.1, 0.15) is 11.3 Å². The number of rotatable bonds is 3. The molecule has 5 heteroatoms. The van der Waals surface area contributed by atoms with Crippen LogP contribution in [0.3, 0.4) is 0 Å². The van der Waals surface area contributed by atoms with E-state index in [1.165, 1.54) is 0 Å². The fourth-order valence-corrected chi connectivity index (χ4v) is 2.31. The normalized spacial score (nSPS) is 12.1. The molecule has 1 aliphatic heterocycles. The van der Waals surface area contributed by atoms with Crippen LogP contribution in [0.4, 0.5) is 5.69 Å². The number of fused-ring (bicyclic) bond motifs is 1. The molecule has 104 valence electrons. The zero-order valence-electron chi connectivity index (χ0n) is 11.0. The zero-order chi connectivity index (χ0) is 14.7. The summed E-state index contributed by atoms with van der Waals surface area (Å²) in [5.41, 5.74) is 2.01. The van der Waals surface area contributed by atoms with E-state index in [2.05, 4.69) is 35.2 Å². The van der Waals surface area contributed by atoms with Crippen molar-refractivity contribution >= 4 is 29.8 Å². The van der Waals surface area contributed by atoms with Gasteiger partial charge in [-0.25, -0.2) is 0 Å². The van der Waals surface area contributed by atoms with Gasteiger partial charge in [-0.1, -0.05) is 18.1 Å². The van der Waals surface area contributed by atoms with Crippen molar-refractivity contribution in [3.8, 4) is 12.0 Å². The maximum atomic E-state index is 12.4. The molecule has 3 rings (SSSR count). The molecule has 0 unspecified atom stereocenters. The lowest BCUT2D eigenvalue weighted by molar-refractivity contribution is -0.115. The second kappa shape index (κ2) is 5.81. The standard InChI is InChI=1S/C16H12N2O2S/c19-16(18-10-11-4-3-9-20-11)13-6-2-8-17-15-12(13)5-1-7-14(15)21/h1,3-7,9,17,21H,10H2,(H,18,19). The number of furan rings is 1. The van der Waals surface area contributed by atoms with Gasteiger partial charge in [0, 0.05) is 22.6 Å². The first-order chi connectivity index (χ1) is 10.3. The van der Waals surface area contributed by atoms with Gasteiger partial charge in [0.2, 0.25) is 0 Å². The monoisotopic (exact) mass is 296 g/mol. The molecule has 0 saturated carbocycles. The Bertz CT molecular complexity index is 767. The van der Waals surface area contributed by atoms with E-state index in [-0.39, 0.29) is 5.91 Å². The zero-order valence-corrected chi connectivity index (χ0v) is 11.9. The van der Waals surface area contributed by atoms with Crippen LogP contribution in [0.5, 0.6) is 0 Å². The average molecular weight is 296 g/mol. The van der Waals surface area contributed by atoms with E-state index >= 15 is 0 Å². The summed E-state index contributed by atoms with van der Waals surface area (Å²) >= 11 is 4.39. The van der Waals surface area contributed by atoms with Gasteiger partial charge < -0.3 is 15.1 Å². The van der Waals surface area contributed by atoms with E-state index in [1.54, 1.807) is 18.4 Å². The Hall–Kier alpha value is -2.58. The Morgan fingerprint density at radius 2 is 2.24 bits per heavy atom. The fraction of sp³-hybridized carbons (Fsp3) is 0.0625. The molecular weight excluding hydrogens is 284 g/mol.